The van der Waals surface area contributed by atoms with Crippen LogP contribution in [0.25, 0.3) is 11.4 Å². The third-order valence-electron chi connectivity index (χ3n) is 3.59. The number of thiophene rings is 1. The number of nitrogens with one attached hydrogen (secondary N) is 1. The van der Waals surface area contributed by atoms with Gasteiger partial charge in [0.15, 0.2) is 13.2 Å². The molecule has 0 spiro atoms. The van der Waals surface area contributed by atoms with Gasteiger partial charge in [0.25, 0.3) is 5.91 Å². The van der Waals surface area contributed by atoms with Crippen molar-refractivity contribution < 1.29 is 14.3 Å². The van der Waals surface area contributed by atoms with Crippen LogP contribution in [0.1, 0.15) is 25.7 Å². The minimum atomic E-state index is -0.569. The average Bonchev–Trinajstić information content (AvgIpc) is 3.27. The molecule has 9 heteroatoms. The summed E-state index contributed by atoms with van der Waals surface area (Å²) in [5.41, 5.74) is 0.852. The number of hydrogen-bond acceptors (Lipinski definition) is 7. The predicted molar refractivity (Wildman–Crippen MR) is 82.5 cm³/mol. The van der Waals surface area contributed by atoms with Crippen LogP contribution >= 0.6 is 11.3 Å². The van der Waals surface area contributed by atoms with Crippen LogP contribution in [0.15, 0.2) is 16.8 Å². The van der Waals surface area contributed by atoms with Crippen LogP contribution in [0.4, 0.5) is 0 Å². The maximum Gasteiger partial charge on any atom is 0.330 e. The van der Waals surface area contributed by atoms with Gasteiger partial charge in [-0.3, -0.25) is 4.79 Å². The summed E-state index contributed by atoms with van der Waals surface area (Å²) < 4.78 is 4.94. The zero-order valence-electron chi connectivity index (χ0n) is 12.5. The maximum absolute atomic E-state index is 11.7. The molecule has 3 rings (SSSR count). The number of amides is 1. The van der Waals surface area contributed by atoms with Gasteiger partial charge in [0, 0.05) is 17.0 Å². The summed E-state index contributed by atoms with van der Waals surface area (Å²) in [5, 5.41) is 18.4. The topological polar surface area (TPSA) is 99.0 Å². The molecule has 0 radical (unpaired) electrons. The van der Waals surface area contributed by atoms with Crippen molar-refractivity contribution in [1.29, 1.82) is 0 Å². The number of ether oxygens (including phenoxy) is 1. The van der Waals surface area contributed by atoms with Crippen molar-refractivity contribution in [2.24, 2.45) is 0 Å². The first-order valence-electron chi connectivity index (χ1n) is 7.46. The summed E-state index contributed by atoms with van der Waals surface area (Å²) in [7, 11) is 0. The Labute approximate surface area is 136 Å². The van der Waals surface area contributed by atoms with Crippen molar-refractivity contribution in [2.75, 3.05) is 6.61 Å². The largest absolute Gasteiger partial charge is 0.454 e. The molecule has 1 aliphatic rings. The van der Waals surface area contributed by atoms with Crippen molar-refractivity contribution in [3.05, 3.63) is 16.8 Å². The van der Waals surface area contributed by atoms with E-state index in [9.17, 15) is 9.59 Å². The number of carbonyl (C=O) groups excluding carboxylic acids is 2. The van der Waals surface area contributed by atoms with E-state index in [0.717, 1.165) is 36.0 Å². The van der Waals surface area contributed by atoms with Crippen LogP contribution in [-0.2, 0) is 20.9 Å². The zero-order chi connectivity index (χ0) is 16.1. The Balaban J connectivity index is 1.43. The predicted octanol–water partition coefficient (Wildman–Crippen LogP) is 1.00. The highest BCUT2D eigenvalue weighted by Crippen LogP contribution is 2.17. The number of carbonyl (C=O) groups is 2. The van der Waals surface area contributed by atoms with Crippen LogP contribution in [0, 0.1) is 0 Å². The molecule has 1 aliphatic carbocycles. The van der Waals surface area contributed by atoms with E-state index >= 15 is 0 Å². The van der Waals surface area contributed by atoms with Gasteiger partial charge in [-0.2, -0.15) is 16.1 Å². The molecular weight excluding hydrogens is 318 g/mol. The van der Waals surface area contributed by atoms with Gasteiger partial charge in [0.1, 0.15) is 0 Å². The SMILES string of the molecule is O=C(COC(=O)Cn1nnc(-c2ccsc2)n1)NC1CCCC1. The van der Waals surface area contributed by atoms with Crippen molar-refractivity contribution in [3.8, 4) is 11.4 Å². The quantitative estimate of drug-likeness (QED) is 0.791. The third-order valence-corrected chi connectivity index (χ3v) is 4.27. The normalized spacial score (nSPS) is 14.8. The van der Waals surface area contributed by atoms with E-state index in [0.29, 0.717) is 5.82 Å². The Morgan fingerprint density at radius 3 is 2.96 bits per heavy atom. The fraction of sp³-hybridized carbons (Fsp3) is 0.500. The number of tetrazole rings is 1. The van der Waals surface area contributed by atoms with Gasteiger partial charge in [-0.05, 0) is 29.5 Å². The van der Waals surface area contributed by atoms with Crippen molar-refractivity contribution >= 4 is 23.2 Å². The molecule has 0 atom stereocenters. The Kier molecular flexibility index (Phi) is 4.96. The summed E-state index contributed by atoms with van der Waals surface area (Å²) in [6, 6.07) is 2.09. The monoisotopic (exact) mass is 335 g/mol. The molecule has 1 amide bonds. The number of rotatable bonds is 6. The Morgan fingerprint density at radius 2 is 2.22 bits per heavy atom. The molecule has 0 unspecified atom stereocenters. The lowest BCUT2D eigenvalue weighted by Gasteiger charge is -2.11. The molecule has 0 bridgehead atoms. The lowest BCUT2D eigenvalue weighted by Crippen LogP contribution is -2.36. The second-order valence-electron chi connectivity index (χ2n) is 5.37. The standard InChI is InChI=1S/C14H17N5O3S/c20-12(15-11-3-1-2-4-11)8-22-13(21)7-19-17-14(16-18-19)10-5-6-23-9-10/h5-6,9,11H,1-4,7-8H2,(H,15,20). The average molecular weight is 335 g/mol. The summed E-state index contributed by atoms with van der Waals surface area (Å²) in [5.74, 6) is -0.380. The van der Waals surface area contributed by atoms with Gasteiger partial charge >= 0.3 is 5.97 Å². The number of aromatic nitrogens is 4. The molecule has 0 aliphatic heterocycles. The zero-order valence-corrected chi connectivity index (χ0v) is 13.3. The molecule has 2 aromatic heterocycles. The van der Waals surface area contributed by atoms with E-state index < -0.39 is 5.97 Å². The second-order valence-corrected chi connectivity index (χ2v) is 6.15. The molecule has 2 aromatic rings. The van der Waals surface area contributed by atoms with E-state index in [4.69, 9.17) is 4.74 Å². The molecule has 1 N–H and O–H groups in total. The second kappa shape index (κ2) is 7.32. The first kappa shape index (κ1) is 15.6. The molecule has 0 aromatic carbocycles. The van der Waals surface area contributed by atoms with Crippen LogP contribution in [0.5, 0.6) is 0 Å². The first-order chi connectivity index (χ1) is 11.2. The summed E-state index contributed by atoms with van der Waals surface area (Å²) in [6.45, 7) is -0.449. The van der Waals surface area contributed by atoms with Crippen LogP contribution in [0.2, 0.25) is 0 Å². The Morgan fingerprint density at radius 1 is 1.39 bits per heavy atom. The first-order valence-corrected chi connectivity index (χ1v) is 8.40. The molecular formula is C14H17N5O3S. The molecule has 122 valence electrons. The summed E-state index contributed by atoms with van der Waals surface area (Å²) >= 11 is 1.53. The fourth-order valence-corrected chi connectivity index (χ4v) is 3.10. The molecule has 23 heavy (non-hydrogen) atoms. The lowest BCUT2D eigenvalue weighted by molar-refractivity contribution is -0.149. The Bertz CT molecular complexity index is 664. The highest BCUT2D eigenvalue weighted by molar-refractivity contribution is 7.08. The van der Waals surface area contributed by atoms with Crippen molar-refractivity contribution in [3.63, 3.8) is 0 Å². The third kappa shape index (κ3) is 4.35. The van der Waals surface area contributed by atoms with Crippen molar-refractivity contribution in [2.45, 2.75) is 38.3 Å². The molecule has 0 saturated heterocycles. The highest BCUT2D eigenvalue weighted by Gasteiger charge is 2.18. The number of esters is 1. The van der Waals surface area contributed by atoms with E-state index in [1.807, 2.05) is 16.8 Å². The number of nitrogens with zero attached hydrogens (tertiary/aromatic N) is 4. The van der Waals surface area contributed by atoms with Gasteiger partial charge in [-0.15, -0.1) is 10.2 Å². The van der Waals surface area contributed by atoms with Crippen LogP contribution < -0.4 is 5.32 Å². The highest BCUT2D eigenvalue weighted by atomic mass is 32.1. The minimum absolute atomic E-state index is 0.173. The fourth-order valence-electron chi connectivity index (χ4n) is 2.46. The Hall–Kier alpha value is -2.29. The van der Waals surface area contributed by atoms with E-state index in [1.165, 1.54) is 11.3 Å². The van der Waals surface area contributed by atoms with E-state index in [1.54, 1.807) is 0 Å². The van der Waals surface area contributed by atoms with Gasteiger partial charge in [0.2, 0.25) is 5.82 Å². The van der Waals surface area contributed by atoms with Gasteiger partial charge in [0.05, 0.1) is 0 Å². The van der Waals surface area contributed by atoms with E-state index in [-0.39, 0.29) is 25.1 Å². The van der Waals surface area contributed by atoms with Gasteiger partial charge < -0.3 is 10.1 Å². The van der Waals surface area contributed by atoms with E-state index in [2.05, 4.69) is 20.7 Å². The van der Waals surface area contributed by atoms with Gasteiger partial charge in [-0.1, -0.05) is 12.8 Å². The summed E-state index contributed by atoms with van der Waals surface area (Å²) in [4.78, 5) is 24.6. The summed E-state index contributed by atoms with van der Waals surface area (Å²) in [6.07, 6.45) is 4.26. The van der Waals surface area contributed by atoms with Crippen molar-refractivity contribution in [1.82, 2.24) is 25.5 Å². The molecule has 8 nitrogen and oxygen atoms in total. The lowest BCUT2D eigenvalue weighted by atomic mass is 10.2. The molecule has 2 heterocycles. The number of hydrogen-bond donors (Lipinski definition) is 1. The van der Waals surface area contributed by atoms with Gasteiger partial charge in [-0.25, -0.2) is 4.79 Å². The van der Waals surface area contributed by atoms with Crippen LogP contribution in [0.3, 0.4) is 0 Å². The molecule has 1 saturated carbocycles. The smallest absolute Gasteiger partial charge is 0.330 e. The maximum atomic E-state index is 11.7. The molecule has 1 fully saturated rings. The minimum Gasteiger partial charge on any atom is -0.454 e. The van der Waals surface area contributed by atoms with Crippen LogP contribution in [-0.4, -0.2) is 44.7 Å².